The average molecular weight is 467 g/mol. The fourth-order valence-corrected chi connectivity index (χ4v) is 3.66. The van der Waals surface area contributed by atoms with Crippen molar-refractivity contribution in [2.24, 2.45) is 5.92 Å². The summed E-state index contributed by atoms with van der Waals surface area (Å²) in [7, 11) is 1.36. The maximum atomic E-state index is 12.7. The molecule has 3 rings (SSSR count). The second kappa shape index (κ2) is 10.9. The van der Waals surface area contributed by atoms with Crippen LogP contribution in [0.5, 0.6) is 17.2 Å². The number of aromatic nitrogens is 1. The standard InChI is InChI=1S/C26H30N2O6/c1-15(2)24(34-20-12-8-10-18-9-6-7-11-19(18)20)17(4)33-26(31)16(3)28-25(30)22-23(29)21(32-5)13-14-27-22/h6-17,24,29H,1-5H3,(H,28,30)/t16-,17-,24+/m0/s1. The maximum Gasteiger partial charge on any atom is 0.328 e. The van der Waals surface area contributed by atoms with Crippen LogP contribution in [0.15, 0.2) is 54.7 Å². The predicted molar refractivity (Wildman–Crippen MR) is 128 cm³/mol. The number of hydrogen-bond acceptors (Lipinski definition) is 7. The van der Waals surface area contributed by atoms with E-state index >= 15 is 0 Å². The largest absolute Gasteiger partial charge is 0.503 e. The summed E-state index contributed by atoms with van der Waals surface area (Å²) < 4.78 is 16.9. The molecule has 1 heterocycles. The van der Waals surface area contributed by atoms with Gasteiger partial charge in [0.2, 0.25) is 0 Å². The molecule has 0 saturated heterocycles. The van der Waals surface area contributed by atoms with E-state index < -0.39 is 35.9 Å². The first-order valence-corrected chi connectivity index (χ1v) is 11.1. The SMILES string of the molecule is COc1ccnc(C(=O)N[C@@H](C)C(=O)O[C@@H](C)[C@H](Oc2cccc3ccccc23)C(C)C)c1O. The molecule has 2 aromatic carbocycles. The number of pyridine rings is 1. The molecule has 0 aliphatic rings. The minimum absolute atomic E-state index is 0.0459. The van der Waals surface area contributed by atoms with Crippen LogP contribution in [0.4, 0.5) is 0 Å². The van der Waals surface area contributed by atoms with E-state index in [0.717, 1.165) is 10.8 Å². The summed E-state index contributed by atoms with van der Waals surface area (Å²) in [4.78, 5) is 29.1. The number of nitrogens with zero attached hydrogens (tertiary/aromatic N) is 1. The van der Waals surface area contributed by atoms with Gasteiger partial charge in [-0.15, -0.1) is 0 Å². The molecule has 0 radical (unpaired) electrons. The topological polar surface area (TPSA) is 107 Å². The molecule has 3 aromatic rings. The molecule has 1 amide bonds. The van der Waals surface area contributed by atoms with Crippen LogP contribution in [0.2, 0.25) is 0 Å². The van der Waals surface area contributed by atoms with Crippen molar-refractivity contribution in [1.29, 1.82) is 0 Å². The van der Waals surface area contributed by atoms with Gasteiger partial charge in [-0.25, -0.2) is 9.78 Å². The monoisotopic (exact) mass is 466 g/mol. The van der Waals surface area contributed by atoms with E-state index in [0.29, 0.717) is 5.75 Å². The lowest BCUT2D eigenvalue weighted by molar-refractivity contribution is -0.155. The Morgan fingerprint density at radius 1 is 0.971 bits per heavy atom. The van der Waals surface area contributed by atoms with Gasteiger partial charge >= 0.3 is 5.97 Å². The van der Waals surface area contributed by atoms with E-state index in [1.807, 2.05) is 56.3 Å². The van der Waals surface area contributed by atoms with Crippen LogP contribution in [0.3, 0.4) is 0 Å². The minimum atomic E-state index is -0.979. The van der Waals surface area contributed by atoms with Gasteiger partial charge in [0.05, 0.1) is 7.11 Å². The van der Waals surface area contributed by atoms with Crippen molar-refractivity contribution in [3.05, 3.63) is 60.4 Å². The number of carbonyl (C=O) groups is 2. The molecular formula is C26H30N2O6. The Morgan fingerprint density at radius 3 is 2.38 bits per heavy atom. The van der Waals surface area contributed by atoms with Crippen molar-refractivity contribution >= 4 is 22.6 Å². The smallest absolute Gasteiger partial charge is 0.328 e. The highest BCUT2D eigenvalue weighted by Gasteiger charge is 2.29. The highest BCUT2D eigenvalue weighted by Crippen LogP contribution is 2.29. The van der Waals surface area contributed by atoms with Crippen LogP contribution in [0, 0.1) is 5.92 Å². The number of amides is 1. The van der Waals surface area contributed by atoms with Gasteiger partial charge in [0.25, 0.3) is 5.91 Å². The van der Waals surface area contributed by atoms with Gasteiger partial charge in [-0.1, -0.05) is 50.2 Å². The number of carbonyl (C=O) groups excluding carboxylic acids is 2. The van der Waals surface area contributed by atoms with Crippen LogP contribution in [0.25, 0.3) is 10.8 Å². The normalized spacial score (nSPS) is 13.7. The van der Waals surface area contributed by atoms with Gasteiger partial charge in [0.1, 0.15) is 24.0 Å². The van der Waals surface area contributed by atoms with E-state index in [1.54, 1.807) is 6.92 Å². The molecule has 8 nitrogen and oxygen atoms in total. The third-order valence-corrected chi connectivity index (χ3v) is 5.46. The van der Waals surface area contributed by atoms with Crippen LogP contribution in [-0.4, -0.2) is 47.3 Å². The number of esters is 1. The lowest BCUT2D eigenvalue weighted by atomic mass is 10.0. The summed E-state index contributed by atoms with van der Waals surface area (Å²) in [6.45, 7) is 7.24. The first kappa shape index (κ1) is 24.8. The zero-order valence-corrected chi connectivity index (χ0v) is 19.9. The van der Waals surface area contributed by atoms with Gasteiger partial charge < -0.3 is 24.6 Å². The van der Waals surface area contributed by atoms with Gasteiger partial charge in [-0.2, -0.15) is 0 Å². The van der Waals surface area contributed by atoms with E-state index in [4.69, 9.17) is 14.2 Å². The second-order valence-electron chi connectivity index (χ2n) is 8.35. The Hall–Kier alpha value is -3.81. The molecule has 0 aliphatic heterocycles. The lowest BCUT2D eigenvalue weighted by Crippen LogP contribution is -2.44. The fraction of sp³-hybridized carbons (Fsp3) is 0.346. The Kier molecular flexibility index (Phi) is 7.94. The number of nitrogens with one attached hydrogen (secondary N) is 1. The van der Waals surface area contributed by atoms with Gasteiger partial charge in [-0.3, -0.25) is 4.79 Å². The molecule has 0 bridgehead atoms. The first-order valence-electron chi connectivity index (χ1n) is 11.1. The predicted octanol–water partition coefficient (Wildman–Crippen LogP) is 4.10. The van der Waals surface area contributed by atoms with Crippen molar-refractivity contribution < 1.29 is 28.9 Å². The van der Waals surface area contributed by atoms with E-state index in [1.165, 1.54) is 26.3 Å². The molecule has 0 spiro atoms. The molecule has 1 aromatic heterocycles. The van der Waals surface area contributed by atoms with E-state index in [-0.39, 0.29) is 17.4 Å². The van der Waals surface area contributed by atoms with Crippen LogP contribution in [0.1, 0.15) is 38.2 Å². The summed E-state index contributed by atoms with van der Waals surface area (Å²) in [5.41, 5.74) is -0.244. The quantitative estimate of drug-likeness (QED) is 0.457. The molecule has 180 valence electrons. The molecule has 0 fully saturated rings. The number of rotatable bonds is 9. The molecular weight excluding hydrogens is 436 g/mol. The number of fused-ring (bicyclic) bond motifs is 1. The molecule has 0 unspecified atom stereocenters. The Labute approximate surface area is 198 Å². The summed E-state index contributed by atoms with van der Waals surface area (Å²) >= 11 is 0. The van der Waals surface area contributed by atoms with Crippen molar-refractivity contribution in [3.8, 4) is 17.2 Å². The fourth-order valence-electron chi connectivity index (χ4n) is 3.66. The van der Waals surface area contributed by atoms with Crippen LogP contribution < -0.4 is 14.8 Å². The van der Waals surface area contributed by atoms with Crippen molar-refractivity contribution in [2.75, 3.05) is 7.11 Å². The van der Waals surface area contributed by atoms with Gasteiger partial charge in [-0.05, 0) is 31.2 Å². The average Bonchev–Trinajstić information content (AvgIpc) is 2.82. The van der Waals surface area contributed by atoms with Crippen molar-refractivity contribution in [2.45, 2.75) is 45.9 Å². The molecule has 0 aliphatic carbocycles. The number of ether oxygens (including phenoxy) is 3. The Morgan fingerprint density at radius 2 is 1.68 bits per heavy atom. The molecule has 8 heteroatoms. The van der Waals surface area contributed by atoms with Crippen molar-refractivity contribution in [3.63, 3.8) is 0 Å². The number of hydrogen-bond donors (Lipinski definition) is 2. The number of aromatic hydroxyl groups is 1. The third-order valence-electron chi connectivity index (χ3n) is 5.46. The van der Waals surface area contributed by atoms with E-state index in [9.17, 15) is 14.7 Å². The summed E-state index contributed by atoms with van der Waals surface area (Å²) in [5, 5.41) is 14.7. The molecule has 0 saturated carbocycles. The van der Waals surface area contributed by atoms with Crippen LogP contribution >= 0.6 is 0 Å². The summed E-state index contributed by atoms with van der Waals surface area (Å²) in [5.74, 6) is -0.893. The third kappa shape index (κ3) is 5.57. The Bertz CT molecular complexity index is 1160. The van der Waals surface area contributed by atoms with Crippen molar-refractivity contribution in [1.82, 2.24) is 10.3 Å². The Balaban J connectivity index is 1.68. The van der Waals surface area contributed by atoms with Crippen LogP contribution in [-0.2, 0) is 9.53 Å². The number of methoxy groups -OCH3 is 1. The molecule has 34 heavy (non-hydrogen) atoms. The van der Waals surface area contributed by atoms with Gasteiger partial charge in [0.15, 0.2) is 17.2 Å². The van der Waals surface area contributed by atoms with E-state index in [2.05, 4.69) is 10.3 Å². The highest BCUT2D eigenvalue weighted by molar-refractivity contribution is 5.97. The maximum absolute atomic E-state index is 12.7. The summed E-state index contributed by atoms with van der Waals surface area (Å²) in [6, 6.07) is 14.2. The van der Waals surface area contributed by atoms with Gasteiger partial charge in [0, 0.05) is 17.6 Å². The highest BCUT2D eigenvalue weighted by atomic mass is 16.6. The zero-order valence-electron chi connectivity index (χ0n) is 19.9. The zero-order chi connectivity index (χ0) is 24.8. The number of benzene rings is 2. The molecule has 3 atom stereocenters. The molecule has 2 N–H and O–H groups in total. The lowest BCUT2D eigenvalue weighted by Gasteiger charge is -2.29. The second-order valence-corrected chi connectivity index (χ2v) is 8.35. The minimum Gasteiger partial charge on any atom is -0.503 e. The summed E-state index contributed by atoms with van der Waals surface area (Å²) in [6.07, 6.45) is 0.326. The first-order chi connectivity index (χ1) is 16.2.